The van der Waals surface area contributed by atoms with Gasteiger partial charge in [-0.25, -0.2) is 9.18 Å². The summed E-state index contributed by atoms with van der Waals surface area (Å²) in [6, 6.07) is 5.56. The number of nitrogens with zero attached hydrogens (tertiary/aromatic N) is 2. The molecule has 2 aliphatic heterocycles. The van der Waals surface area contributed by atoms with Crippen LogP contribution in [0.5, 0.6) is 0 Å². The van der Waals surface area contributed by atoms with Crippen molar-refractivity contribution >= 4 is 11.7 Å². The van der Waals surface area contributed by atoms with E-state index in [0.717, 1.165) is 18.4 Å². The third kappa shape index (κ3) is 4.06. The molecule has 2 unspecified atom stereocenters. The van der Waals surface area contributed by atoms with Gasteiger partial charge in [0.05, 0.1) is 11.8 Å². The Kier molecular flexibility index (Phi) is 5.47. The maximum atomic E-state index is 14.5. The van der Waals surface area contributed by atoms with E-state index in [-0.39, 0.29) is 30.0 Å². The lowest BCUT2D eigenvalue weighted by molar-refractivity contribution is 0.145. The molecule has 25 heavy (non-hydrogen) atoms. The summed E-state index contributed by atoms with van der Waals surface area (Å²) in [5, 5.41) is 12.5. The Labute approximate surface area is 148 Å². The summed E-state index contributed by atoms with van der Waals surface area (Å²) in [6.45, 7) is 5.78. The first-order valence-electron chi connectivity index (χ1n) is 9.23. The molecule has 0 spiro atoms. The quantitative estimate of drug-likeness (QED) is 0.882. The van der Waals surface area contributed by atoms with Crippen molar-refractivity contribution in [1.82, 2.24) is 10.2 Å². The molecule has 6 heteroatoms. The Balaban J connectivity index is 1.58. The average molecular weight is 349 g/mol. The third-order valence-electron chi connectivity index (χ3n) is 5.45. The fourth-order valence-electron chi connectivity index (χ4n) is 3.89. The van der Waals surface area contributed by atoms with E-state index in [1.165, 1.54) is 6.07 Å². The standard InChI is InChI=1S/C19H28FN3O2/c1-13-3-4-14(2)23(13)19(25)21-12-15-5-6-18(17(20)11-15)22-9-7-16(24)8-10-22/h5-6,11,13-14,16,24H,3-4,7-10,12H2,1-2H3,(H,21,25). The maximum absolute atomic E-state index is 14.5. The number of aliphatic hydroxyl groups is 1. The first-order valence-corrected chi connectivity index (χ1v) is 9.23. The van der Waals surface area contributed by atoms with Gasteiger partial charge in [-0.15, -0.1) is 0 Å². The molecule has 0 bridgehead atoms. The number of likely N-dealkylation sites (tertiary alicyclic amines) is 1. The van der Waals surface area contributed by atoms with Crippen molar-refractivity contribution < 1.29 is 14.3 Å². The van der Waals surface area contributed by atoms with Crippen molar-refractivity contribution in [2.45, 2.75) is 64.3 Å². The van der Waals surface area contributed by atoms with Crippen molar-refractivity contribution in [2.24, 2.45) is 0 Å². The van der Waals surface area contributed by atoms with Gasteiger partial charge in [0.1, 0.15) is 5.82 Å². The van der Waals surface area contributed by atoms with Crippen LogP contribution in [0.2, 0.25) is 0 Å². The number of carbonyl (C=O) groups is 1. The van der Waals surface area contributed by atoms with Crippen LogP contribution in [0.15, 0.2) is 18.2 Å². The lowest BCUT2D eigenvalue weighted by Crippen LogP contribution is -2.44. The fraction of sp³-hybridized carbons (Fsp3) is 0.632. The molecular formula is C19H28FN3O2. The summed E-state index contributed by atoms with van der Waals surface area (Å²) in [5.41, 5.74) is 1.33. The second kappa shape index (κ2) is 7.60. The number of carbonyl (C=O) groups excluding carboxylic acids is 1. The predicted octanol–water partition coefficient (Wildman–Crippen LogP) is 2.87. The number of hydrogen-bond donors (Lipinski definition) is 2. The summed E-state index contributed by atoms with van der Waals surface area (Å²) < 4.78 is 14.5. The predicted molar refractivity (Wildman–Crippen MR) is 96.1 cm³/mol. The molecule has 1 aromatic rings. The van der Waals surface area contributed by atoms with Gasteiger partial charge < -0.3 is 20.2 Å². The molecule has 2 saturated heterocycles. The van der Waals surface area contributed by atoms with Crippen LogP contribution in [0.3, 0.4) is 0 Å². The van der Waals surface area contributed by atoms with Gasteiger partial charge in [-0.2, -0.15) is 0 Å². The maximum Gasteiger partial charge on any atom is 0.318 e. The average Bonchev–Trinajstić information content (AvgIpc) is 2.92. The van der Waals surface area contributed by atoms with E-state index < -0.39 is 0 Å². The van der Waals surface area contributed by atoms with E-state index in [1.54, 1.807) is 6.07 Å². The number of urea groups is 1. The number of piperidine rings is 1. The molecule has 0 saturated carbocycles. The molecule has 3 rings (SSSR count). The summed E-state index contributed by atoms with van der Waals surface area (Å²) in [5.74, 6) is -0.272. The van der Waals surface area contributed by atoms with Crippen LogP contribution in [-0.2, 0) is 6.54 Å². The first-order chi connectivity index (χ1) is 12.0. The van der Waals surface area contributed by atoms with Gasteiger partial charge in [0.2, 0.25) is 0 Å². The van der Waals surface area contributed by atoms with Gasteiger partial charge in [-0.3, -0.25) is 0 Å². The molecule has 0 aromatic heterocycles. The van der Waals surface area contributed by atoms with Crippen molar-refractivity contribution in [3.05, 3.63) is 29.6 Å². The monoisotopic (exact) mass is 349 g/mol. The van der Waals surface area contributed by atoms with Gasteiger partial charge in [0, 0.05) is 31.7 Å². The number of nitrogens with one attached hydrogen (secondary N) is 1. The zero-order valence-electron chi connectivity index (χ0n) is 15.0. The van der Waals surface area contributed by atoms with Crippen molar-refractivity contribution in [3.63, 3.8) is 0 Å². The lowest BCUT2D eigenvalue weighted by atomic mass is 10.1. The minimum absolute atomic E-state index is 0.0768. The number of benzene rings is 1. The Morgan fingerprint density at radius 3 is 2.44 bits per heavy atom. The van der Waals surface area contributed by atoms with E-state index in [4.69, 9.17) is 0 Å². The van der Waals surface area contributed by atoms with Gasteiger partial charge in [-0.1, -0.05) is 6.07 Å². The molecule has 2 amide bonds. The summed E-state index contributed by atoms with van der Waals surface area (Å²) >= 11 is 0. The molecule has 2 aliphatic rings. The Bertz CT molecular complexity index is 607. The SMILES string of the molecule is CC1CCC(C)N1C(=O)NCc1ccc(N2CCC(O)CC2)c(F)c1. The molecule has 1 aromatic carbocycles. The molecule has 0 radical (unpaired) electrons. The molecule has 2 atom stereocenters. The Morgan fingerprint density at radius 2 is 1.84 bits per heavy atom. The molecule has 2 fully saturated rings. The zero-order valence-corrected chi connectivity index (χ0v) is 15.0. The molecule has 138 valence electrons. The van der Waals surface area contributed by atoms with Crippen molar-refractivity contribution in [3.8, 4) is 0 Å². The van der Waals surface area contributed by atoms with Crippen LogP contribution in [0.4, 0.5) is 14.9 Å². The molecule has 2 N–H and O–H groups in total. The van der Waals surface area contributed by atoms with Gasteiger partial charge in [0.15, 0.2) is 0 Å². The second-order valence-electron chi connectivity index (χ2n) is 7.35. The minimum Gasteiger partial charge on any atom is -0.393 e. The molecule has 5 nitrogen and oxygen atoms in total. The van der Waals surface area contributed by atoms with E-state index >= 15 is 0 Å². The van der Waals surface area contributed by atoms with Gasteiger partial charge >= 0.3 is 6.03 Å². The summed E-state index contributed by atoms with van der Waals surface area (Å²) in [4.78, 5) is 16.2. The van der Waals surface area contributed by atoms with E-state index in [1.807, 2.05) is 15.9 Å². The van der Waals surface area contributed by atoms with Crippen LogP contribution in [-0.4, -0.2) is 47.3 Å². The zero-order chi connectivity index (χ0) is 18.0. The fourth-order valence-corrected chi connectivity index (χ4v) is 3.89. The topological polar surface area (TPSA) is 55.8 Å². The highest BCUT2D eigenvalue weighted by Crippen LogP contribution is 2.25. The second-order valence-corrected chi connectivity index (χ2v) is 7.35. The van der Waals surface area contributed by atoms with Crippen LogP contribution >= 0.6 is 0 Å². The third-order valence-corrected chi connectivity index (χ3v) is 5.45. The summed E-state index contributed by atoms with van der Waals surface area (Å²) in [7, 11) is 0. The molecule has 0 aliphatic carbocycles. The largest absolute Gasteiger partial charge is 0.393 e. The number of hydrogen-bond acceptors (Lipinski definition) is 3. The smallest absolute Gasteiger partial charge is 0.318 e. The van der Waals surface area contributed by atoms with E-state index in [2.05, 4.69) is 19.2 Å². The number of rotatable bonds is 3. The minimum atomic E-state index is -0.274. The highest BCUT2D eigenvalue weighted by molar-refractivity contribution is 5.75. The van der Waals surface area contributed by atoms with E-state index in [0.29, 0.717) is 38.2 Å². The Hall–Kier alpha value is -1.82. The molecular weight excluding hydrogens is 321 g/mol. The first kappa shape index (κ1) is 18.0. The van der Waals surface area contributed by atoms with Gasteiger partial charge in [0.25, 0.3) is 0 Å². The lowest BCUT2D eigenvalue weighted by Gasteiger charge is -2.31. The van der Waals surface area contributed by atoms with Gasteiger partial charge in [-0.05, 0) is 57.2 Å². The van der Waals surface area contributed by atoms with Crippen molar-refractivity contribution in [1.29, 1.82) is 0 Å². The summed E-state index contributed by atoms with van der Waals surface area (Å²) in [6.07, 6.45) is 3.13. The molecule has 2 heterocycles. The highest BCUT2D eigenvalue weighted by Gasteiger charge is 2.31. The van der Waals surface area contributed by atoms with Crippen LogP contribution in [0.1, 0.15) is 45.1 Å². The number of halogens is 1. The number of anilines is 1. The highest BCUT2D eigenvalue weighted by atomic mass is 19.1. The van der Waals surface area contributed by atoms with Crippen LogP contribution < -0.4 is 10.2 Å². The van der Waals surface area contributed by atoms with Crippen LogP contribution in [0, 0.1) is 5.82 Å². The number of aliphatic hydroxyl groups excluding tert-OH is 1. The Morgan fingerprint density at radius 1 is 1.20 bits per heavy atom. The number of amides is 2. The van der Waals surface area contributed by atoms with Crippen LogP contribution in [0.25, 0.3) is 0 Å². The van der Waals surface area contributed by atoms with E-state index in [9.17, 15) is 14.3 Å². The van der Waals surface area contributed by atoms with Crippen molar-refractivity contribution in [2.75, 3.05) is 18.0 Å². The normalized spacial score (nSPS) is 24.6.